The van der Waals surface area contributed by atoms with Gasteiger partial charge in [-0.2, -0.15) is 0 Å². The molecule has 11 nitrogen and oxygen atoms in total. The van der Waals surface area contributed by atoms with Gasteiger partial charge in [0.25, 0.3) is 0 Å². The molecule has 0 aromatic carbocycles. The summed E-state index contributed by atoms with van der Waals surface area (Å²) in [6.45, 7) is 11.8. The molecule has 1 saturated heterocycles. The lowest BCUT2D eigenvalue weighted by Gasteiger charge is -2.31. The van der Waals surface area contributed by atoms with E-state index in [0.717, 1.165) is 24.3 Å². The third-order valence-electron chi connectivity index (χ3n) is 6.15. The van der Waals surface area contributed by atoms with Gasteiger partial charge in [-0.1, -0.05) is 0 Å². The van der Waals surface area contributed by atoms with Crippen molar-refractivity contribution in [1.29, 1.82) is 0 Å². The van der Waals surface area contributed by atoms with Crippen LogP contribution in [0.1, 0.15) is 51.8 Å². The fourth-order valence-electron chi connectivity index (χ4n) is 4.21. The van der Waals surface area contributed by atoms with E-state index in [9.17, 15) is 14.4 Å². The summed E-state index contributed by atoms with van der Waals surface area (Å²) >= 11 is 0. The maximum absolute atomic E-state index is 12.7. The van der Waals surface area contributed by atoms with Crippen LogP contribution in [-0.2, 0) is 32.0 Å². The molecule has 11 heteroatoms. The SMILES string of the molecule is CCOC(=O)CN1CCCN(c2ncc3c(n2)CCN(C(=O)OC(C)(C)C)C3)CCN(C)CCC1=O. The molecule has 36 heavy (non-hydrogen) atoms. The van der Waals surface area contributed by atoms with Gasteiger partial charge in [0, 0.05) is 63.9 Å². The third-order valence-corrected chi connectivity index (χ3v) is 6.15. The Labute approximate surface area is 213 Å². The number of amides is 2. The Morgan fingerprint density at radius 1 is 1.06 bits per heavy atom. The van der Waals surface area contributed by atoms with E-state index in [-0.39, 0.29) is 24.5 Å². The van der Waals surface area contributed by atoms with Crippen LogP contribution >= 0.6 is 0 Å². The van der Waals surface area contributed by atoms with E-state index in [1.165, 1.54) is 0 Å². The smallest absolute Gasteiger partial charge is 0.410 e. The van der Waals surface area contributed by atoms with Crippen molar-refractivity contribution in [1.82, 2.24) is 24.7 Å². The second-order valence-corrected chi connectivity index (χ2v) is 10.3. The van der Waals surface area contributed by atoms with Crippen LogP contribution in [-0.4, -0.2) is 108 Å². The molecule has 3 heterocycles. The Bertz CT molecular complexity index is 934. The number of carbonyl (C=O) groups excluding carboxylic acids is 3. The minimum absolute atomic E-state index is 0.0279. The van der Waals surface area contributed by atoms with Crippen molar-refractivity contribution in [2.24, 2.45) is 0 Å². The van der Waals surface area contributed by atoms with Gasteiger partial charge < -0.3 is 29.1 Å². The summed E-state index contributed by atoms with van der Waals surface area (Å²) in [4.78, 5) is 54.2. The molecule has 0 saturated carbocycles. The molecule has 0 spiro atoms. The van der Waals surface area contributed by atoms with E-state index in [0.29, 0.717) is 64.5 Å². The molecule has 2 amide bonds. The first-order chi connectivity index (χ1) is 17.1. The molecule has 2 aliphatic heterocycles. The van der Waals surface area contributed by atoms with Crippen molar-refractivity contribution in [3.63, 3.8) is 0 Å². The molecule has 1 fully saturated rings. The summed E-state index contributed by atoms with van der Waals surface area (Å²) in [7, 11) is 1.98. The second kappa shape index (κ2) is 12.3. The Morgan fingerprint density at radius 2 is 1.83 bits per heavy atom. The summed E-state index contributed by atoms with van der Waals surface area (Å²) in [6, 6.07) is 0. The summed E-state index contributed by atoms with van der Waals surface area (Å²) in [5.41, 5.74) is 1.34. The molecule has 0 bridgehead atoms. The fraction of sp³-hybridized carbons (Fsp3) is 0.720. The van der Waals surface area contributed by atoms with Crippen LogP contribution in [0.15, 0.2) is 6.20 Å². The molecule has 2 aliphatic rings. The highest BCUT2D eigenvalue weighted by atomic mass is 16.6. The number of rotatable bonds is 4. The van der Waals surface area contributed by atoms with Gasteiger partial charge in [-0.25, -0.2) is 14.8 Å². The number of esters is 1. The number of hydrogen-bond acceptors (Lipinski definition) is 9. The van der Waals surface area contributed by atoms with Crippen molar-refractivity contribution >= 4 is 23.9 Å². The van der Waals surface area contributed by atoms with Gasteiger partial charge in [-0.3, -0.25) is 9.59 Å². The highest BCUT2D eigenvalue weighted by molar-refractivity contribution is 5.82. The molecule has 0 radical (unpaired) electrons. The Hall–Kier alpha value is -2.95. The molecule has 0 atom stereocenters. The number of ether oxygens (including phenoxy) is 2. The third kappa shape index (κ3) is 8.04. The largest absolute Gasteiger partial charge is 0.465 e. The van der Waals surface area contributed by atoms with Gasteiger partial charge >= 0.3 is 12.1 Å². The molecule has 200 valence electrons. The maximum atomic E-state index is 12.7. The van der Waals surface area contributed by atoms with Gasteiger partial charge in [0.15, 0.2) is 0 Å². The van der Waals surface area contributed by atoms with E-state index >= 15 is 0 Å². The first kappa shape index (κ1) is 27.6. The lowest BCUT2D eigenvalue weighted by atomic mass is 10.1. The average Bonchev–Trinajstić information content (AvgIpc) is 2.84. The number of likely N-dealkylation sites (N-methyl/N-ethyl adjacent to an activating group) is 1. The van der Waals surface area contributed by atoms with E-state index in [4.69, 9.17) is 14.5 Å². The number of nitrogens with zero attached hydrogens (tertiary/aromatic N) is 6. The lowest BCUT2D eigenvalue weighted by Crippen LogP contribution is -2.40. The lowest BCUT2D eigenvalue weighted by molar-refractivity contribution is -0.149. The highest BCUT2D eigenvalue weighted by Crippen LogP contribution is 2.21. The normalized spacial score (nSPS) is 18.4. The van der Waals surface area contributed by atoms with Crippen LogP contribution in [0.2, 0.25) is 0 Å². The summed E-state index contributed by atoms with van der Waals surface area (Å²) in [5, 5.41) is 0. The van der Waals surface area contributed by atoms with Crippen molar-refractivity contribution < 1.29 is 23.9 Å². The van der Waals surface area contributed by atoms with Crippen molar-refractivity contribution in [3.05, 3.63) is 17.5 Å². The number of carbonyl (C=O) groups is 3. The van der Waals surface area contributed by atoms with Crippen LogP contribution in [0.25, 0.3) is 0 Å². The van der Waals surface area contributed by atoms with Crippen LogP contribution in [0.5, 0.6) is 0 Å². The van der Waals surface area contributed by atoms with Gasteiger partial charge in [0.05, 0.1) is 18.8 Å². The minimum Gasteiger partial charge on any atom is -0.465 e. The predicted molar refractivity (Wildman–Crippen MR) is 135 cm³/mol. The van der Waals surface area contributed by atoms with Crippen molar-refractivity contribution in [3.8, 4) is 0 Å². The van der Waals surface area contributed by atoms with E-state index < -0.39 is 5.60 Å². The summed E-state index contributed by atoms with van der Waals surface area (Å²) in [6.07, 6.45) is 3.16. The van der Waals surface area contributed by atoms with Gasteiger partial charge in [0.2, 0.25) is 11.9 Å². The molecule has 0 aliphatic carbocycles. The van der Waals surface area contributed by atoms with Gasteiger partial charge in [-0.15, -0.1) is 0 Å². The van der Waals surface area contributed by atoms with E-state index in [2.05, 4.69) is 14.8 Å². The van der Waals surface area contributed by atoms with Crippen LogP contribution in [0, 0.1) is 0 Å². The zero-order valence-electron chi connectivity index (χ0n) is 22.3. The first-order valence-electron chi connectivity index (χ1n) is 12.8. The van der Waals surface area contributed by atoms with Crippen molar-refractivity contribution in [2.75, 3.05) is 64.4 Å². The Morgan fingerprint density at radius 3 is 2.56 bits per heavy atom. The van der Waals surface area contributed by atoms with E-state index in [1.807, 2.05) is 27.8 Å². The Balaban J connectivity index is 1.69. The summed E-state index contributed by atoms with van der Waals surface area (Å²) < 4.78 is 10.6. The quantitative estimate of drug-likeness (QED) is 0.566. The molecule has 0 unspecified atom stereocenters. The molecular weight excluding hydrogens is 464 g/mol. The summed E-state index contributed by atoms with van der Waals surface area (Å²) in [5.74, 6) is 0.225. The van der Waals surface area contributed by atoms with Crippen LogP contribution in [0.4, 0.5) is 10.7 Å². The average molecular weight is 505 g/mol. The second-order valence-electron chi connectivity index (χ2n) is 10.3. The Kier molecular flexibility index (Phi) is 9.47. The number of aromatic nitrogens is 2. The molecule has 0 N–H and O–H groups in total. The van der Waals surface area contributed by atoms with E-state index in [1.54, 1.807) is 22.9 Å². The van der Waals surface area contributed by atoms with Crippen LogP contribution < -0.4 is 4.90 Å². The number of fused-ring (bicyclic) bond motifs is 1. The number of hydrogen-bond donors (Lipinski definition) is 0. The predicted octanol–water partition coefficient (Wildman–Crippen LogP) is 1.69. The zero-order chi connectivity index (χ0) is 26.3. The molecule has 1 aromatic rings. The van der Waals surface area contributed by atoms with Gasteiger partial charge in [-0.05, 0) is 41.2 Å². The standard InChI is InChI=1S/C25H40N6O5/c1-6-35-22(33)18-30-11-7-10-29(15-14-28(5)12-9-21(30)32)23-26-16-19-17-31(13-8-20(19)27-23)24(34)36-25(2,3)4/h16H,6-15,17-18H2,1-5H3. The zero-order valence-corrected chi connectivity index (χ0v) is 22.3. The highest BCUT2D eigenvalue weighted by Gasteiger charge is 2.27. The van der Waals surface area contributed by atoms with Gasteiger partial charge in [0.1, 0.15) is 12.1 Å². The first-order valence-corrected chi connectivity index (χ1v) is 12.8. The monoisotopic (exact) mass is 504 g/mol. The number of anilines is 1. The minimum atomic E-state index is -0.538. The maximum Gasteiger partial charge on any atom is 0.410 e. The molecule has 1 aromatic heterocycles. The fourth-order valence-corrected chi connectivity index (χ4v) is 4.21. The molecular formula is C25H40N6O5. The topological polar surface area (TPSA) is 108 Å². The van der Waals surface area contributed by atoms with Crippen molar-refractivity contribution in [2.45, 2.75) is 59.1 Å². The van der Waals surface area contributed by atoms with Crippen LogP contribution in [0.3, 0.4) is 0 Å². The molecule has 3 rings (SSSR count).